The van der Waals surface area contributed by atoms with Crippen LogP contribution < -0.4 is 10.5 Å². The highest BCUT2D eigenvalue weighted by Crippen LogP contribution is 2.29. The molecule has 0 bridgehead atoms. The fraction of sp³-hybridized carbons (Fsp3) is 0.400. The summed E-state index contributed by atoms with van der Waals surface area (Å²) >= 11 is 5.67. The summed E-state index contributed by atoms with van der Waals surface area (Å²) in [5.74, 6) is -0.537. The fourth-order valence-corrected chi connectivity index (χ4v) is 1.47. The van der Waals surface area contributed by atoms with Gasteiger partial charge in [-0.3, -0.25) is 0 Å². The van der Waals surface area contributed by atoms with Crippen molar-refractivity contribution in [2.75, 3.05) is 13.7 Å². The number of ether oxygens (including phenoxy) is 1. The molecule has 1 unspecified atom stereocenters. The Morgan fingerprint density at radius 1 is 1.60 bits per heavy atom. The van der Waals surface area contributed by atoms with Crippen LogP contribution in [0.4, 0.5) is 4.39 Å². The second-order valence-corrected chi connectivity index (χ2v) is 3.54. The number of hydrogen-bond donors (Lipinski definition) is 2. The van der Waals surface area contributed by atoms with E-state index in [9.17, 15) is 4.39 Å². The Morgan fingerprint density at radius 3 is 2.80 bits per heavy atom. The van der Waals surface area contributed by atoms with Gasteiger partial charge in [0.15, 0.2) is 11.6 Å². The Morgan fingerprint density at radius 2 is 2.27 bits per heavy atom. The molecule has 1 aromatic carbocycles. The minimum atomic E-state index is -0.598. The Bertz CT molecular complexity index is 346. The van der Waals surface area contributed by atoms with Crippen LogP contribution in [0.3, 0.4) is 0 Å². The molecule has 0 fully saturated rings. The molecule has 0 aliphatic rings. The zero-order valence-electron chi connectivity index (χ0n) is 8.34. The number of methoxy groups -OCH3 is 1. The molecule has 0 aliphatic carbocycles. The molecule has 0 saturated carbocycles. The van der Waals surface area contributed by atoms with E-state index in [1.807, 2.05) is 0 Å². The molecular weight excluding hydrogens is 221 g/mol. The average Bonchev–Trinajstić information content (AvgIpc) is 2.22. The monoisotopic (exact) mass is 233 g/mol. The molecule has 3 nitrogen and oxygen atoms in total. The van der Waals surface area contributed by atoms with Gasteiger partial charge < -0.3 is 15.6 Å². The van der Waals surface area contributed by atoms with Gasteiger partial charge in [0.2, 0.25) is 0 Å². The lowest BCUT2D eigenvalue weighted by Gasteiger charge is -2.13. The topological polar surface area (TPSA) is 55.5 Å². The number of rotatable bonds is 4. The van der Waals surface area contributed by atoms with Crippen LogP contribution >= 0.6 is 11.6 Å². The molecule has 1 aromatic rings. The molecule has 84 valence electrons. The Balaban J connectivity index is 3.05. The lowest BCUT2D eigenvalue weighted by molar-refractivity contribution is 0.276. The fourth-order valence-electron chi connectivity index (χ4n) is 1.25. The van der Waals surface area contributed by atoms with Gasteiger partial charge in [-0.25, -0.2) is 4.39 Å². The SMILES string of the molecule is COc1cc(C(N)CCO)cc(Cl)c1F. The first-order valence-corrected chi connectivity index (χ1v) is 4.87. The van der Waals surface area contributed by atoms with Crippen molar-refractivity contribution >= 4 is 11.6 Å². The molecule has 0 aliphatic heterocycles. The summed E-state index contributed by atoms with van der Waals surface area (Å²) in [5, 5.41) is 8.70. The van der Waals surface area contributed by atoms with Gasteiger partial charge in [0.05, 0.1) is 12.1 Å². The average molecular weight is 234 g/mol. The van der Waals surface area contributed by atoms with Crippen molar-refractivity contribution in [3.63, 3.8) is 0 Å². The van der Waals surface area contributed by atoms with Gasteiger partial charge in [0.1, 0.15) is 0 Å². The van der Waals surface area contributed by atoms with E-state index in [4.69, 9.17) is 27.2 Å². The van der Waals surface area contributed by atoms with E-state index < -0.39 is 5.82 Å². The van der Waals surface area contributed by atoms with Gasteiger partial charge in [0.25, 0.3) is 0 Å². The molecular formula is C10H13ClFNO2. The largest absolute Gasteiger partial charge is 0.494 e. The highest BCUT2D eigenvalue weighted by molar-refractivity contribution is 6.31. The zero-order chi connectivity index (χ0) is 11.4. The van der Waals surface area contributed by atoms with Crippen molar-refractivity contribution in [1.29, 1.82) is 0 Å². The maximum Gasteiger partial charge on any atom is 0.183 e. The summed E-state index contributed by atoms with van der Waals surface area (Å²) in [6.07, 6.45) is 0.394. The molecule has 0 aromatic heterocycles. The third-order valence-electron chi connectivity index (χ3n) is 2.11. The van der Waals surface area contributed by atoms with Crippen molar-refractivity contribution in [2.45, 2.75) is 12.5 Å². The van der Waals surface area contributed by atoms with Gasteiger partial charge in [-0.1, -0.05) is 11.6 Å². The zero-order valence-corrected chi connectivity index (χ0v) is 9.09. The Hall–Kier alpha value is -0.840. The van der Waals surface area contributed by atoms with Crippen molar-refractivity contribution in [1.82, 2.24) is 0 Å². The summed E-state index contributed by atoms with van der Waals surface area (Å²) in [5.41, 5.74) is 6.40. The maximum absolute atomic E-state index is 13.3. The van der Waals surface area contributed by atoms with Gasteiger partial charge in [-0.05, 0) is 24.1 Å². The number of nitrogens with two attached hydrogens (primary N) is 1. The van der Waals surface area contributed by atoms with Crippen LogP contribution in [-0.4, -0.2) is 18.8 Å². The first-order valence-electron chi connectivity index (χ1n) is 4.49. The second kappa shape index (κ2) is 5.30. The first kappa shape index (κ1) is 12.2. The predicted octanol–water partition coefficient (Wildman–Crippen LogP) is 1.87. The quantitative estimate of drug-likeness (QED) is 0.835. The van der Waals surface area contributed by atoms with Crippen LogP contribution in [0.15, 0.2) is 12.1 Å². The van der Waals surface area contributed by atoms with Gasteiger partial charge in [-0.2, -0.15) is 0 Å². The minimum Gasteiger partial charge on any atom is -0.494 e. The molecule has 0 amide bonds. The second-order valence-electron chi connectivity index (χ2n) is 3.14. The summed E-state index contributed by atoms with van der Waals surface area (Å²) in [6, 6.07) is 2.56. The van der Waals surface area contributed by atoms with Crippen molar-refractivity contribution in [3.8, 4) is 5.75 Å². The van der Waals surface area contributed by atoms with Crippen LogP contribution in [0.2, 0.25) is 5.02 Å². The summed E-state index contributed by atoms with van der Waals surface area (Å²) in [6.45, 7) is -0.0293. The molecule has 3 N–H and O–H groups in total. The molecule has 0 spiro atoms. The third-order valence-corrected chi connectivity index (χ3v) is 2.38. The van der Waals surface area contributed by atoms with Crippen LogP contribution in [0.1, 0.15) is 18.0 Å². The highest BCUT2D eigenvalue weighted by atomic mass is 35.5. The molecule has 1 atom stereocenters. The van der Waals surface area contributed by atoms with Crippen LogP contribution in [0, 0.1) is 5.82 Å². The first-order chi connectivity index (χ1) is 7.10. The Labute approximate surface area is 92.6 Å². The lowest BCUT2D eigenvalue weighted by Crippen LogP contribution is -2.12. The van der Waals surface area contributed by atoms with Crippen molar-refractivity contribution < 1.29 is 14.2 Å². The predicted molar refractivity (Wildman–Crippen MR) is 56.6 cm³/mol. The number of aliphatic hydroxyl groups excluding tert-OH is 1. The van der Waals surface area contributed by atoms with Gasteiger partial charge in [-0.15, -0.1) is 0 Å². The number of benzene rings is 1. The van der Waals surface area contributed by atoms with Crippen LogP contribution in [0.25, 0.3) is 0 Å². The smallest absolute Gasteiger partial charge is 0.183 e. The van der Waals surface area contributed by atoms with E-state index in [1.165, 1.54) is 19.2 Å². The maximum atomic E-state index is 13.3. The Kier molecular flexibility index (Phi) is 4.32. The van der Waals surface area contributed by atoms with E-state index in [1.54, 1.807) is 0 Å². The third kappa shape index (κ3) is 2.81. The summed E-state index contributed by atoms with van der Waals surface area (Å²) in [4.78, 5) is 0. The minimum absolute atomic E-state index is 0.0293. The van der Waals surface area contributed by atoms with E-state index in [0.717, 1.165) is 0 Å². The van der Waals surface area contributed by atoms with Gasteiger partial charge in [0, 0.05) is 12.6 Å². The molecule has 0 saturated heterocycles. The lowest BCUT2D eigenvalue weighted by atomic mass is 10.0. The number of aliphatic hydroxyl groups is 1. The van der Waals surface area contributed by atoms with E-state index in [2.05, 4.69) is 0 Å². The molecule has 5 heteroatoms. The van der Waals surface area contributed by atoms with Crippen molar-refractivity contribution in [2.24, 2.45) is 5.73 Å². The van der Waals surface area contributed by atoms with Crippen LogP contribution in [-0.2, 0) is 0 Å². The number of hydrogen-bond acceptors (Lipinski definition) is 3. The van der Waals surface area contributed by atoms with E-state index >= 15 is 0 Å². The van der Waals surface area contributed by atoms with E-state index in [0.29, 0.717) is 12.0 Å². The summed E-state index contributed by atoms with van der Waals surface area (Å²) in [7, 11) is 1.36. The normalized spacial score (nSPS) is 12.6. The molecule has 0 heterocycles. The molecule has 15 heavy (non-hydrogen) atoms. The summed E-state index contributed by atoms with van der Waals surface area (Å²) < 4.78 is 18.1. The molecule has 1 rings (SSSR count). The number of halogens is 2. The van der Waals surface area contributed by atoms with Crippen LogP contribution in [0.5, 0.6) is 5.75 Å². The molecule has 0 radical (unpaired) electrons. The van der Waals surface area contributed by atoms with Crippen molar-refractivity contribution in [3.05, 3.63) is 28.5 Å². The van der Waals surface area contributed by atoms with E-state index in [-0.39, 0.29) is 23.4 Å². The standard InChI is InChI=1S/C10H13ClFNO2/c1-15-9-5-6(8(13)2-3-14)4-7(11)10(9)12/h4-5,8,14H,2-3,13H2,1H3. The van der Waals surface area contributed by atoms with Gasteiger partial charge >= 0.3 is 0 Å². The highest BCUT2D eigenvalue weighted by Gasteiger charge is 2.13.